The molecule has 0 aliphatic heterocycles. The molecule has 0 aliphatic carbocycles. The predicted molar refractivity (Wildman–Crippen MR) is 246 cm³/mol. The lowest BCUT2D eigenvalue weighted by atomic mass is 9.92. The van der Waals surface area contributed by atoms with Gasteiger partial charge in [-0.25, -0.2) is 0 Å². The second kappa shape index (κ2) is 12.4. The van der Waals surface area contributed by atoms with Crippen LogP contribution in [0, 0.1) is 0 Å². The molecule has 2 nitrogen and oxygen atoms in total. The fourth-order valence-electron chi connectivity index (χ4n) is 9.55. The Morgan fingerprint density at radius 2 is 0.912 bits per heavy atom. The summed E-state index contributed by atoms with van der Waals surface area (Å²) < 4.78 is 66.2. The summed E-state index contributed by atoms with van der Waals surface area (Å²) in [5, 5.41) is 13.5. The van der Waals surface area contributed by atoms with Crippen LogP contribution in [0.1, 0.15) is 9.60 Å². The van der Waals surface area contributed by atoms with Crippen LogP contribution < -0.4 is 20.7 Å². The fourth-order valence-corrected chi connectivity index (χ4v) is 14.3. The van der Waals surface area contributed by atoms with Crippen LogP contribution in [0.2, 0.25) is 0 Å². The van der Waals surface area contributed by atoms with Gasteiger partial charge in [-0.3, -0.25) is 0 Å². The molecule has 2 aromatic heterocycles. The van der Waals surface area contributed by atoms with Crippen molar-refractivity contribution in [3.05, 3.63) is 212 Å². The first-order valence-electron chi connectivity index (χ1n) is 22.7. The van der Waals surface area contributed by atoms with E-state index in [1.165, 1.54) is 15.6 Å². The lowest BCUT2D eigenvalue weighted by Gasteiger charge is -2.34. The smallest absolute Gasteiger partial charge is 0.179 e. The minimum atomic E-state index is -3.09. The number of hydrogen-bond acceptors (Lipinski definition) is 0. The SMILES string of the molecule is [2H]c1c([2H])c([2H])c2c([nH]c3c([2H])c([2H])c(-n4c5cc([Si](c6ccccc6)(c6ccccc6)c6ccccc6)ccc5c5c6c7ccccc7c7ccccc7c6ccc54)c([2H])c32)c1[2H]. The number of rotatable bonds is 5. The van der Waals surface area contributed by atoms with E-state index in [0.717, 1.165) is 59.3 Å². The van der Waals surface area contributed by atoms with Gasteiger partial charge >= 0.3 is 0 Å². The fraction of sp³-hybridized carbons (Fsp3) is 0. The molecule has 0 saturated heterocycles. The maximum atomic E-state index is 10.1. The minimum absolute atomic E-state index is 0.0994. The van der Waals surface area contributed by atoms with Crippen molar-refractivity contribution in [1.82, 2.24) is 9.55 Å². The van der Waals surface area contributed by atoms with E-state index in [9.17, 15) is 4.11 Å². The van der Waals surface area contributed by atoms with Crippen molar-refractivity contribution < 1.29 is 9.60 Å². The van der Waals surface area contributed by atoms with Gasteiger partial charge in [0.25, 0.3) is 0 Å². The molecule has 12 rings (SSSR count). The van der Waals surface area contributed by atoms with Crippen LogP contribution in [-0.2, 0) is 0 Å². The van der Waals surface area contributed by atoms with E-state index in [0.29, 0.717) is 0 Å². The summed E-state index contributed by atoms with van der Waals surface area (Å²) in [4.78, 5) is 3.05. The first kappa shape index (κ1) is 25.8. The highest BCUT2D eigenvalue weighted by Gasteiger charge is 2.41. The molecule has 0 aliphatic rings. The normalized spacial score (nSPS) is 13.9. The molecular weight excluding hydrogens is 705 g/mol. The summed E-state index contributed by atoms with van der Waals surface area (Å²) in [6, 6.07) is 58.0. The Morgan fingerprint density at radius 3 is 1.56 bits per heavy atom. The molecule has 0 bridgehead atoms. The zero-order valence-corrected chi connectivity index (χ0v) is 31.6. The minimum Gasteiger partial charge on any atom is -0.355 e. The molecule has 2 heterocycles. The molecule has 266 valence electrons. The molecule has 0 radical (unpaired) electrons. The molecular formula is C54H36N2Si. The monoisotopic (exact) mass is 747 g/mol. The Kier molecular flexibility index (Phi) is 5.61. The Balaban J connectivity index is 1.32. The summed E-state index contributed by atoms with van der Waals surface area (Å²) in [6.45, 7) is 0. The van der Waals surface area contributed by atoms with Crippen molar-refractivity contribution in [2.75, 3.05) is 0 Å². The van der Waals surface area contributed by atoms with Gasteiger partial charge in [0, 0.05) is 43.7 Å². The molecule has 0 saturated carbocycles. The van der Waals surface area contributed by atoms with Crippen molar-refractivity contribution in [3.8, 4) is 5.69 Å². The molecule has 0 spiro atoms. The van der Waals surface area contributed by atoms with Crippen LogP contribution in [0.25, 0.3) is 81.6 Å². The van der Waals surface area contributed by atoms with Crippen molar-refractivity contribution in [2.24, 2.45) is 0 Å². The molecule has 1 N–H and O–H groups in total. The molecule has 12 aromatic rings. The van der Waals surface area contributed by atoms with E-state index in [2.05, 4.69) is 157 Å². The summed E-state index contributed by atoms with van der Waals surface area (Å²) in [5.41, 5.74) is 1.93. The number of nitrogens with zero attached hydrogens (tertiary/aromatic N) is 1. The number of para-hydroxylation sites is 1. The zero-order chi connectivity index (χ0) is 43.6. The van der Waals surface area contributed by atoms with Gasteiger partial charge in [0.2, 0.25) is 0 Å². The van der Waals surface area contributed by atoms with Crippen LogP contribution >= 0.6 is 0 Å². The maximum Gasteiger partial charge on any atom is 0.179 e. The topological polar surface area (TPSA) is 20.7 Å². The van der Waals surface area contributed by atoms with Crippen molar-refractivity contribution in [2.45, 2.75) is 0 Å². The predicted octanol–water partition coefficient (Wildman–Crippen LogP) is 11.3. The van der Waals surface area contributed by atoms with Gasteiger partial charge in [0.1, 0.15) is 0 Å². The van der Waals surface area contributed by atoms with E-state index < -0.39 is 20.2 Å². The Bertz CT molecular complexity index is 3790. The first-order chi connectivity index (χ1) is 31.2. The number of aromatic amines is 1. The summed E-state index contributed by atoms with van der Waals surface area (Å²) >= 11 is 0. The van der Waals surface area contributed by atoms with Gasteiger partial charge in [0.05, 0.1) is 20.6 Å². The van der Waals surface area contributed by atoms with Gasteiger partial charge in [-0.05, 0) is 84.0 Å². The maximum absolute atomic E-state index is 10.1. The van der Waals surface area contributed by atoms with Crippen LogP contribution in [-0.4, -0.2) is 17.6 Å². The van der Waals surface area contributed by atoms with E-state index in [1.807, 2.05) is 22.8 Å². The third-order valence-electron chi connectivity index (χ3n) is 11.9. The number of H-pyrrole nitrogens is 1. The Morgan fingerprint density at radius 1 is 0.386 bits per heavy atom. The lowest BCUT2D eigenvalue weighted by Crippen LogP contribution is -2.74. The van der Waals surface area contributed by atoms with Crippen LogP contribution in [0.3, 0.4) is 0 Å². The van der Waals surface area contributed by atoms with E-state index in [4.69, 9.17) is 5.48 Å². The van der Waals surface area contributed by atoms with Crippen molar-refractivity contribution in [3.63, 3.8) is 0 Å². The molecule has 57 heavy (non-hydrogen) atoms. The van der Waals surface area contributed by atoms with Crippen molar-refractivity contribution >= 4 is 105 Å². The average Bonchev–Trinajstić information content (AvgIpc) is 3.91. The highest BCUT2D eigenvalue weighted by molar-refractivity contribution is 7.20. The van der Waals surface area contributed by atoms with Gasteiger partial charge in [-0.1, -0.05) is 176 Å². The highest BCUT2D eigenvalue weighted by atomic mass is 28.3. The quantitative estimate of drug-likeness (QED) is 0.103. The van der Waals surface area contributed by atoms with Crippen molar-refractivity contribution in [1.29, 1.82) is 0 Å². The summed E-state index contributed by atoms with van der Waals surface area (Å²) in [7, 11) is -3.09. The van der Waals surface area contributed by atoms with E-state index in [-0.39, 0.29) is 57.7 Å². The first-order valence-corrected chi connectivity index (χ1v) is 21.2. The Hall–Kier alpha value is -7.20. The Labute approximate surface area is 340 Å². The van der Waals surface area contributed by atoms with Crippen LogP contribution in [0.15, 0.2) is 212 Å². The molecule has 0 unspecified atom stereocenters. The zero-order valence-electron chi connectivity index (χ0n) is 37.6. The number of nitrogens with one attached hydrogen (secondary N) is 1. The number of aromatic nitrogens is 2. The highest BCUT2D eigenvalue weighted by Crippen LogP contribution is 2.43. The molecule has 0 atom stereocenters. The van der Waals surface area contributed by atoms with Crippen LogP contribution in [0.5, 0.6) is 0 Å². The molecule has 0 fully saturated rings. The average molecular weight is 748 g/mol. The molecule has 3 heteroatoms. The van der Waals surface area contributed by atoms with Gasteiger partial charge in [-0.2, -0.15) is 0 Å². The standard InChI is InChI=1S/C54H36N2Si/c1-4-16-37(17-5-1)57(38-18-6-2-7-19-38,39-20-8-3-9-21-39)40-29-30-47-52(35-40)56(36-28-32-50-48(34-36)44-25-14-15-27-49(44)55-50)51-33-31-46-43-24-11-10-22-41(43)42-23-12-13-26-45(42)53(46)54(47)51/h1-35,55H/i14D,15D,25D,27D,28D,32D,34D. The number of benzene rings is 10. The van der Waals surface area contributed by atoms with Crippen LogP contribution in [0.4, 0.5) is 0 Å². The van der Waals surface area contributed by atoms with Gasteiger partial charge in [-0.15, -0.1) is 0 Å². The lowest BCUT2D eigenvalue weighted by molar-refractivity contribution is 1.19. The number of fused-ring (bicyclic) bond motifs is 13. The molecule has 10 aromatic carbocycles. The van der Waals surface area contributed by atoms with E-state index in [1.54, 1.807) is 0 Å². The third-order valence-corrected chi connectivity index (χ3v) is 16.7. The second-order valence-electron chi connectivity index (χ2n) is 14.7. The summed E-state index contributed by atoms with van der Waals surface area (Å²) in [5.74, 6) is 0. The van der Waals surface area contributed by atoms with Gasteiger partial charge in [0.15, 0.2) is 8.07 Å². The largest absolute Gasteiger partial charge is 0.355 e. The number of hydrogen-bond donors (Lipinski definition) is 1. The summed E-state index contributed by atoms with van der Waals surface area (Å²) in [6.07, 6.45) is 0. The third kappa shape index (κ3) is 4.58. The van der Waals surface area contributed by atoms with Gasteiger partial charge < -0.3 is 9.55 Å². The van der Waals surface area contributed by atoms with E-state index >= 15 is 0 Å². The second-order valence-corrected chi connectivity index (χ2v) is 18.5. The molecule has 0 amide bonds.